The molecule has 0 N–H and O–H groups in total. The fourth-order valence-corrected chi connectivity index (χ4v) is 2.97. The molecule has 1 atom stereocenters. The van der Waals surface area contributed by atoms with Crippen molar-refractivity contribution in [2.75, 3.05) is 19.7 Å². The van der Waals surface area contributed by atoms with Crippen LogP contribution in [-0.2, 0) is 11.3 Å². The lowest BCUT2D eigenvalue weighted by molar-refractivity contribution is -0.0427. The molecule has 4 rings (SSSR count). The van der Waals surface area contributed by atoms with Crippen LogP contribution in [0.15, 0.2) is 65.5 Å². The van der Waals surface area contributed by atoms with Crippen molar-refractivity contribution in [3.8, 4) is 5.69 Å². The molecule has 0 aliphatic carbocycles. The van der Waals surface area contributed by atoms with Crippen LogP contribution < -0.4 is 0 Å². The van der Waals surface area contributed by atoms with Gasteiger partial charge in [0.15, 0.2) is 0 Å². The molecule has 0 spiro atoms. The van der Waals surface area contributed by atoms with Crippen LogP contribution in [0.1, 0.15) is 17.4 Å². The van der Waals surface area contributed by atoms with Gasteiger partial charge < -0.3 is 9.15 Å². The van der Waals surface area contributed by atoms with E-state index in [4.69, 9.17) is 9.15 Å². The highest BCUT2D eigenvalue weighted by Crippen LogP contribution is 2.23. The molecule has 1 aliphatic rings. The fraction of sp³-hybridized carbons (Fsp3) is 0.278. The smallest absolute Gasteiger partial charge is 0.133 e. The molecule has 3 heterocycles. The van der Waals surface area contributed by atoms with Crippen molar-refractivity contribution in [2.45, 2.75) is 12.6 Å². The van der Waals surface area contributed by atoms with E-state index in [0.29, 0.717) is 0 Å². The molecule has 1 aromatic carbocycles. The van der Waals surface area contributed by atoms with E-state index in [1.54, 1.807) is 12.5 Å². The lowest BCUT2D eigenvalue weighted by Gasteiger charge is -2.32. The number of ether oxygens (including phenoxy) is 1. The summed E-state index contributed by atoms with van der Waals surface area (Å²) in [6.45, 7) is 3.41. The average molecular weight is 309 g/mol. The van der Waals surface area contributed by atoms with Crippen LogP contribution in [0.5, 0.6) is 0 Å². The standard InChI is InChI=1S/C18H19N3O2/c1-4-15(12-16(5-1)21-8-3-7-19-21)13-20-9-11-23-18(14-20)17-6-2-10-22-17/h1-8,10,12,18H,9,11,13-14H2/t18-/m0/s1. The first-order valence-electron chi connectivity index (χ1n) is 7.85. The topological polar surface area (TPSA) is 43.4 Å². The van der Waals surface area contributed by atoms with Gasteiger partial charge in [0.25, 0.3) is 0 Å². The summed E-state index contributed by atoms with van der Waals surface area (Å²) in [4.78, 5) is 2.40. The predicted octanol–water partition coefficient (Wildman–Crippen LogP) is 3.04. The number of hydrogen-bond acceptors (Lipinski definition) is 4. The Hall–Kier alpha value is -2.37. The number of hydrogen-bond donors (Lipinski definition) is 0. The molecule has 1 fully saturated rings. The predicted molar refractivity (Wildman–Crippen MR) is 86.2 cm³/mol. The van der Waals surface area contributed by atoms with Gasteiger partial charge in [0.05, 0.1) is 18.6 Å². The summed E-state index contributed by atoms with van der Waals surface area (Å²) in [6.07, 6.45) is 5.47. The maximum absolute atomic E-state index is 5.82. The van der Waals surface area contributed by atoms with Crippen LogP contribution >= 0.6 is 0 Å². The minimum absolute atomic E-state index is 0.0213. The molecule has 3 aromatic rings. The molecule has 0 amide bonds. The third-order valence-corrected chi connectivity index (χ3v) is 4.10. The monoisotopic (exact) mass is 309 g/mol. The second-order valence-corrected chi connectivity index (χ2v) is 5.73. The van der Waals surface area contributed by atoms with Crippen molar-refractivity contribution in [3.05, 3.63) is 72.4 Å². The molecular formula is C18H19N3O2. The van der Waals surface area contributed by atoms with Crippen molar-refractivity contribution in [2.24, 2.45) is 0 Å². The Labute approximate surface area is 135 Å². The van der Waals surface area contributed by atoms with Gasteiger partial charge in [0.1, 0.15) is 11.9 Å². The minimum Gasteiger partial charge on any atom is -0.467 e. The molecule has 5 heteroatoms. The van der Waals surface area contributed by atoms with E-state index in [1.807, 2.05) is 29.1 Å². The number of rotatable bonds is 4. The molecule has 118 valence electrons. The van der Waals surface area contributed by atoms with Crippen LogP contribution in [0.3, 0.4) is 0 Å². The largest absolute Gasteiger partial charge is 0.467 e. The highest BCUT2D eigenvalue weighted by molar-refractivity contribution is 5.35. The Kier molecular flexibility index (Phi) is 3.96. The number of benzene rings is 1. The van der Waals surface area contributed by atoms with Gasteiger partial charge in [0, 0.05) is 32.0 Å². The highest BCUT2D eigenvalue weighted by atomic mass is 16.5. The van der Waals surface area contributed by atoms with E-state index in [0.717, 1.165) is 37.7 Å². The van der Waals surface area contributed by atoms with Crippen LogP contribution in [-0.4, -0.2) is 34.4 Å². The van der Waals surface area contributed by atoms with E-state index in [2.05, 4.69) is 34.3 Å². The summed E-state index contributed by atoms with van der Waals surface area (Å²) in [6, 6.07) is 14.3. The summed E-state index contributed by atoms with van der Waals surface area (Å²) in [5, 5.41) is 4.29. The van der Waals surface area contributed by atoms with Gasteiger partial charge >= 0.3 is 0 Å². The molecular weight excluding hydrogens is 290 g/mol. The Morgan fingerprint density at radius 3 is 3.00 bits per heavy atom. The molecule has 23 heavy (non-hydrogen) atoms. The molecule has 2 aromatic heterocycles. The van der Waals surface area contributed by atoms with Crippen LogP contribution in [0.4, 0.5) is 0 Å². The third kappa shape index (κ3) is 3.21. The Morgan fingerprint density at radius 2 is 2.17 bits per heavy atom. The molecule has 0 saturated carbocycles. The van der Waals surface area contributed by atoms with Crippen LogP contribution in [0, 0.1) is 0 Å². The van der Waals surface area contributed by atoms with Gasteiger partial charge in [-0.15, -0.1) is 0 Å². The van der Waals surface area contributed by atoms with Gasteiger partial charge in [-0.1, -0.05) is 12.1 Å². The molecule has 5 nitrogen and oxygen atoms in total. The first kappa shape index (κ1) is 14.2. The third-order valence-electron chi connectivity index (χ3n) is 4.10. The summed E-state index contributed by atoms with van der Waals surface area (Å²) in [7, 11) is 0. The van der Waals surface area contributed by atoms with Crippen molar-refractivity contribution in [3.63, 3.8) is 0 Å². The van der Waals surface area contributed by atoms with Gasteiger partial charge in [-0.25, -0.2) is 4.68 Å². The second kappa shape index (κ2) is 6.40. The summed E-state index contributed by atoms with van der Waals surface area (Å²) < 4.78 is 13.2. The Bertz CT molecular complexity index is 737. The quantitative estimate of drug-likeness (QED) is 0.743. The minimum atomic E-state index is 0.0213. The van der Waals surface area contributed by atoms with Crippen molar-refractivity contribution in [1.82, 2.24) is 14.7 Å². The first-order chi connectivity index (χ1) is 11.4. The van der Waals surface area contributed by atoms with E-state index < -0.39 is 0 Å². The number of furan rings is 1. The van der Waals surface area contributed by atoms with E-state index in [9.17, 15) is 0 Å². The Balaban J connectivity index is 1.46. The SMILES string of the molecule is c1cc(CN2CCO[C@H](c3ccco3)C2)cc(-n2cccn2)c1. The van der Waals surface area contributed by atoms with Crippen LogP contribution in [0.25, 0.3) is 5.69 Å². The number of morpholine rings is 1. The normalized spacial score (nSPS) is 19.0. The summed E-state index contributed by atoms with van der Waals surface area (Å²) in [5.74, 6) is 0.903. The number of aromatic nitrogens is 2. The zero-order valence-corrected chi connectivity index (χ0v) is 12.8. The van der Waals surface area contributed by atoms with Crippen molar-refractivity contribution in [1.29, 1.82) is 0 Å². The molecule has 0 unspecified atom stereocenters. The van der Waals surface area contributed by atoms with E-state index >= 15 is 0 Å². The van der Waals surface area contributed by atoms with E-state index in [-0.39, 0.29) is 6.10 Å². The van der Waals surface area contributed by atoms with E-state index in [1.165, 1.54) is 5.56 Å². The zero-order valence-electron chi connectivity index (χ0n) is 12.8. The molecule has 0 bridgehead atoms. The summed E-state index contributed by atoms with van der Waals surface area (Å²) in [5.41, 5.74) is 2.36. The maximum Gasteiger partial charge on any atom is 0.133 e. The average Bonchev–Trinajstić information content (AvgIpc) is 3.29. The maximum atomic E-state index is 5.82. The van der Waals surface area contributed by atoms with Gasteiger partial charge in [-0.05, 0) is 35.9 Å². The summed E-state index contributed by atoms with van der Waals surface area (Å²) >= 11 is 0. The zero-order chi connectivity index (χ0) is 15.5. The van der Waals surface area contributed by atoms with Gasteiger partial charge in [0.2, 0.25) is 0 Å². The lowest BCUT2D eigenvalue weighted by atomic mass is 10.1. The fourth-order valence-electron chi connectivity index (χ4n) is 2.97. The Morgan fingerprint density at radius 1 is 1.17 bits per heavy atom. The van der Waals surface area contributed by atoms with Crippen molar-refractivity contribution >= 4 is 0 Å². The second-order valence-electron chi connectivity index (χ2n) is 5.73. The first-order valence-corrected chi connectivity index (χ1v) is 7.85. The number of nitrogens with zero attached hydrogens (tertiary/aromatic N) is 3. The van der Waals surface area contributed by atoms with Crippen LogP contribution in [0.2, 0.25) is 0 Å². The van der Waals surface area contributed by atoms with Gasteiger partial charge in [-0.2, -0.15) is 5.10 Å². The molecule has 0 radical (unpaired) electrons. The molecule has 1 saturated heterocycles. The molecule has 1 aliphatic heterocycles. The highest BCUT2D eigenvalue weighted by Gasteiger charge is 2.23. The van der Waals surface area contributed by atoms with Crippen molar-refractivity contribution < 1.29 is 9.15 Å². The van der Waals surface area contributed by atoms with Gasteiger partial charge in [-0.3, -0.25) is 4.90 Å². The lowest BCUT2D eigenvalue weighted by Crippen LogP contribution is -2.37.